The number of aromatic nitrogens is 2. The van der Waals surface area contributed by atoms with Crippen molar-refractivity contribution >= 4 is 5.97 Å². The Bertz CT molecular complexity index is 602. The van der Waals surface area contributed by atoms with Crippen molar-refractivity contribution in [1.82, 2.24) is 9.55 Å². The van der Waals surface area contributed by atoms with Crippen LogP contribution in [0.2, 0.25) is 0 Å². The van der Waals surface area contributed by atoms with Crippen LogP contribution in [0.5, 0.6) is 11.5 Å². The molecule has 2 rings (SSSR count). The van der Waals surface area contributed by atoms with Crippen LogP contribution in [0, 0.1) is 0 Å². The molecule has 1 aromatic carbocycles. The number of aromatic carboxylic acids is 1. The Kier molecular flexibility index (Phi) is 3.93. The molecular formula is C14H16N2O4. The molecule has 0 amide bonds. The van der Waals surface area contributed by atoms with Crippen molar-refractivity contribution in [2.24, 2.45) is 0 Å². The number of nitrogens with zero attached hydrogens (tertiary/aromatic N) is 2. The number of hydrogen-bond donors (Lipinski definition) is 2. The fraction of sp³-hybridized carbons (Fsp3) is 0.286. The quantitative estimate of drug-likeness (QED) is 0.876. The number of phenols is 1. The minimum absolute atomic E-state index is 0.0259. The summed E-state index contributed by atoms with van der Waals surface area (Å²) in [6.45, 7) is 3.94. The molecule has 0 aliphatic carbocycles. The van der Waals surface area contributed by atoms with Crippen molar-refractivity contribution in [3.8, 4) is 11.5 Å². The summed E-state index contributed by atoms with van der Waals surface area (Å²) in [6, 6.07) is 6.29. The molecule has 2 aromatic rings. The number of hydrogen-bond acceptors (Lipinski definition) is 4. The van der Waals surface area contributed by atoms with Gasteiger partial charge in [0.15, 0.2) is 0 Å². The van der Waals surface area contributed by atoms with Crippen LogP contribution in [-0.2, 0) is 6.61 Å². The predicted octanol–water partition coefficient (Wildman–Crippen LogP) is 2.45. The number of benzene rings is 1. The van der Waals surface area contributed by atoms with E-state index in [9.17, 15) is 9.90 Å². The normalized spacial score (nSPS) is 10.8. The van der Waals surface area contributed by atoms with Gasteiger partial charge in [-0.2, -0.15) is 0 Å². The van der Waals surface area contributed by atoms with Gasteiger partial charge < -0.3 is 19.5 Å². The van der Waals surface area contributed by atoms with Gasteiger partial charge in [-0.05, 0) is 38.1 Å². The van der Waals surface area contributed by atoms with Gasteiger partial charge in [0.2, 0.25) is 0 Å². The van der Waals surface area contributed by atoms with Crippen LogP contribution in [0.3, 0.4) is 0 Å². The maximum Gasteiger partial charge on any atom is 0.354 e. The standard InChI is InChI=1S/C14H16N2O4/c1-9(2)16-12(14(18)19)7-15-13(16)8-20-11-5-3-10(17)4-6-11/h3-7,9,17H,8H2,1-2H3,(H,18,19). The number of imidazole rings is 1. The molecular weight excluding hydrogens is 260 g/mol. The van der Waals surface area contributed by atoms with Crippen molar-refractivity contribution in [1.29, 1.82) is 0 Å². The summed E-state index contributed by atoms with van der Waals surface area (Å²) in [7, 11) is 0. The van der Waals surface area contributed by atoms with Crippen LogP contribution in [0.1, 0.15) is 36.2 Å². The first kappa shape index (κ1) is 13.9. The topological polar surface area (TPSA) is 84.6 Å². The van der Waals surface area contributed by atoms with Gasteiger partial charge in [-0.15, -0.1) is 0 Å². The Balaban J connectivity index is 2.17. The lowest BCUT2D eigenvalue weighted by molar-refractivity contribution is 0.0682. The van der Waals surface area contributed by atoms with Crippen LogP contribution >= 0.6 is 0 Å². The third kappa shape index (κ3) is 2.90. The van der Waals surface area contributed by atoms with E-state index in [0.717, 1.165) is 0 Å². The Morgan fingerprint density at radius 1 is 1.35 bits per heavy atom. The van der Waals surface area contributed by atoms with E-state index in [-0.39, 0.29) is 24.1 Å². The molecule has 2 N–H and O–H groups in total. The minimum atomic E-state index is -1.01. The summed E-state index contributed by atoms with van der Waals surface area (Å²) in [5.74, 6) is 0.278. The molecule has 0 unspecified atom stereocenters. The fourth-order valence-corrected chi connectivity index (χ4v) is 1.93. The molecule has 6 heteroatoms. The molecule has 6 nitrogen and oxygen atoms in total. The second-order valence-corrected chi connectivity index (χ2v) is 4.61. The number of carboxylic acids is 1. The first-order chi connectivity index (χ1) is 9.49. The van der Waals surface area contributed by atoms with Gasteiger partial charge in [-0.3, -0.25) is 0 Å². The maximum absolute atomic E-state index is 11.1. The van der Waals surface area contributed by atoms with Crippen LogP contribution < -0.4 is 4.74 Å². The van der Waals surface area contributed by atoms with Gasteiger partial charge in [0.1, 0.15) is 29.6 Å². The Morgan fingerprint density at radius 2 is 2.00 bits per heavy atom. The minimum Gasteiger partial charge on any atom is -0.508 e. The van der Waals surface area contributed by atoms with Gasteiger partial charge in [0, 0.05) is 6.04 Å². The number of ether oxygens (including phenoxy) is 1. The van der Waals surface area contributed by atoms with E-state index < -0.39 is 5.97 Å². The third-order valence-electron chi connectivity index (χ3n) is 2.81. The van der Waals surface area contributed by atoms with Gasteiger partial charge in [0.05, 0.1) is 6.20 Å². The van der Waals surface area contributed by atoms with Crippen molar-refractivity contribution in [3.63, 3.8) is 0 Å². The zero-order valence-electron chi connectivity index (χ0n) is 11.3. The Morgan fingerprint density at radius 3 is 2.55 bits per heavy atom. The molecule has 0 spiro atoms. The molecule has 0 aliphatic rings. The highest BCUT2D eigenvalue weighted by Gasteiger charge is 2.18. The van der Waals surface area contributed by atoms with E-state index in [1.165, 1.54) is 18.3 Å². The lowest BCUT2D eigenvalue weighted by atomic mass is 10.3. The summed E-state index contributed by atoms with van der Waals surface area (Å²) in [5.41, 5.74) is 0.143. The molecule has 0 aliphatic heterocycles. The molecule has 0 fully saturated rings. The molecule has 0 radical (unpaired) electrons. The van der Waals surface area contributed by atoms with Gasteiger partial charge in [0.25, 0.3) is 0 Å². The van der Waals surface area contributed by atoms with Crippen molar-refractivity contribution in [2.75, 3.05) is 0 Å². The maximum atomic E-state index is 11.1. The van der Waals surface area contributed by atoms with E-state index in [0.29, 0.717) is 11.6 Å². The lowest BCUT2D eigenvalue weighted by Gasteiger charge is -2.14. The number of phenolic OH excluding ortho intramolecular Hbond substituents is 1. The van der Waals surface area contributed by atoms with E-state index in [1.54, 1.807) is 16.7 Å². The molecule has 1 aromatic heterocycles. The van der Waals surface area contributed by atoms with Crippen molar-refractivity contribution in [2.45, 2.75) is 26.5 Å². The van der Waals surface area contributed by atoms with Crippen LogP contribution in [0.15, 0.2) is 30.5 Å². The smallest absolute Gasteiger partial charge is 0.354 e. The zero-order chi connectivity index (χ0) is 14.7. The number of carbonyl (C=O) groups is 1. The summed E-state index contributed by atoms with van der Waals surface area (Å²) in [6.07, 6.45) is 1.33. The van der Waals surface area contributed by atoms with E-state index in [2.05, 4.69) is 4.98 Å². The van der Waals surface area contributed by atoms with Gasteiger partial charge in [-0.1, -0.05) is 0 Å². The van der Waals surface area contributed by atoms with Gasteiger partial charge >= 0.3 is 5.97 Å². The fourth-order valence-electron chi connectivity index (χ4n) is 1.93. The second-order valence-electron chi connectivity index (χ2n) is 4.61. The van der Waals surface area contributed by atoms with Crippen molar-refractivity contribution in [3.05, 3.63) is 42.0 Å². The molecule has 0 saturated heterocycles. The van der Waals surface area contributed by atoms with Crippen LogP contribution in [0.25, 0.3) is 0 Å². The van der Waals surface area contributed by atoms with Crippen molar-refractivity contribution < 1.29 is 19.7 Å². The first-order valence-corrected chi connectivity index (χ1v) is 6.20. The molecule has 106 valence electrons. The summed E-state index contributed by atoms with van der Waals surface area (Å²) < 4.78 is 7.17. The molecule has 0 saturated carbocycles. The average molecular weight is 276 g/mol. The van der Waals surface area contributed by atoms with E-state index >= 15 is 0 Å². The molecule has 1 heterocycles. The number of carboxylic acid groups (broad SMARTS) is 1. The largest absolute Gasteiger partial charge is 0.508 e. The Hall–Kier alpha value is -2.50. The highest BCUT2D eigenvalue weighted by molar-refractivity contribution is 5.85. The van der Waals surface area contributed by atoms with E-state index in [1.807, 2.05) is 13.8 Å². The van der Waals surface area contributed by atoms with E-state index in [4.69, 9.17) is 9.84 Å². The molecule has 0 atom stereocenters. The third-order valence-corrected chi connectivity index (χ3v) is 2.81. The van der Waals surface area contributed by atoms with Gasteiger partial charge in [-0.25, -0.2) is 9.78 Å². The SMILES string of the molecule is CC(C)n1c(C(=O)O)cnc1COc1ccc(O)cc1. The second kappa shape index (κ2) is 5.64. The summed E-state index contributed by atoms with van der Waals surface area (Å²) >= 11 is 0. The zero-order valence-corrected chi connectivity index (χ0v) is 11.3. The highest BCUT2D eigenvalue weighted by Crippen LogP contribution is 2.19. The predicted molar refractivity (Wildman–Crippen MR) is 72.0 cm³/mol. The highest BCUT2D eigenvalue weighted by atomic mass is 16.5. The number of aromatic hydroxyl groups is 1. The first-order valence-electron chi connectivity index (χ1n) is 6.20. The monoisotopic (exact) mass is 276 g/mol. The molecule has 0 bridgehead atoms. The lowest BCUT2D eigenvalue weighted by Crippen LogP contribution is -2.15. The average Bonchev–Trinajstić information content (AvgIpc) is 2.82. The summed E-state index contributed by atoms with van der Waals surface area (Å²) in [4.78, 5) is 15.2. The number of rotatable bonds is 5. The molecule has 20 heavy (non-hydrogen) atoms. The van der Waals surface area contributed by atoms with Crippen LogP contribution in [0.4, 0.5) is 0 Å². The van der Waals surface area contributed by atoms with Crippen LogP contribution in [-0.4, -0.2) is 25.7 Å². The Labute approximate surface area is 116 Å². The summed E-state index contributed by atoms with van der Waals surface area (Å²) in [5, 5.41) is 18.3.